The van der Waals surface area contributed by atoms with Gasteiger partial charge in [0.05, 0.1) is 6.04 Å². The quantitative estimate of drug-likeness (QED) is 0.855. The molecule has 2 saturated heterocycles. The van der Waals surface area contributed by atoms with Gasteiger partial charge in [-0.05, 0) is 55.8 Å². The second-order valence-corrected chi connectivity index (χ2v) is 7.43. The highest BCUT2D eigenvalue weighted by Crippen LogP contribution is 2.35. The van der Waals surface area contributed by atoms with E-state index in [9.17, 15) is 9.18 Å². The van der Waals surface area contributed by atoms with Gasteiger partial charge in [0.1, 0.15) is 5.82 Å². The second kappa shape index (κ2) is 6.23. The summed E-state index contributed by atoms with van der Waals surface area (Å²) in [4.78, 5) is 17.4. The molecule has 3 fully saturated rings. The van der Waals surface area contributed by atoms with Crippen molar-refractivity contribution in [2.75, 3.05) is 13.1 Å². The Morgan fingerprint density at radius 2 is 2.00 bits per heavy atom. The van der Waals surface area contributed by atoms with E-state index < -0.39 is 0 Å². The third-order valence-electron chi connectivity index (χ3n) is 5.88. The van der Waals surface area contributed by atoms with Gasteiger partial charge in [-0.1, -0.05) is 25.0 Å². The van der Waals surface area contributed by atoms with Gasteiger partial charge in [0.2, 0.25) is 5.91 Å². The van der Waals surface area contributed by atoms with Gasteiger partial charge in [-0.25, -0.2) is 4.39 Å². The van der Waals surface area contributed by atoms with Crippen molar-refractivity contribution in [3.63, 3.8) is 0 Å². The molecule has 1 aromatic carbocycles. The summed E-state index contributed by atoms with van der Waals surface area (Å²) in [5.74, 6) is 0.653. The number of amides is 1. The minimum Gasteiger partial charge on any atom is -0.337 e. The van der Waals surface area contributed by atoms with Crippen LogP contribution in [-0.4, -0.2) is 40.9 Å². The van der Waals surface area contributed by atoms with E-state index in [4.69, 9.17) is 0 Å². The highest BCUT2D eigenvalue weighted by Gasteiger charge is 2.43. The maximum Gasteiger partial charge on any atom is 0.240 e. The maximum atomic E-state index is 13.4. The average molecular weight is 316 g/mol. The SMILES string of the molecule is O=C1[C@H]2C[C@H](CCN2C2CCCC2)CN1Cc1cccc(F)c1. The second-order valence-electron chi connectivity index (χ2n) is 7.43. The van der Waals surface area contributed by atoms with Gasteiger partial charge in [-0.15, -0.1) is 0 Å². The van der Waals surface area contributed by atoms with Gasteiger partial charge in [0.15, 0.2) is 0 Å². The highest BCUT2D eigenvalue weighted by molar-refractivity contribution is 5.83. The number of likely N-dealkylation sites (tertiary alicyclic amines) is 2. The van der Waals surface area contributed by atoms with Crippen LogP contribution in [0.2, 0.25) is 0 Å². The Labute approximate surface area is 137 Å². The number of hydrogen-bond acceptors (Lipinski definition) is 2. The first-order valence-corrected chi connectivity index (χ1v) is 8.99. The summed E-state index contributed by atoms with van der Waals surface area (Å²) in [6, 6.07) is 7.32. The van der Waals surface area contributed by atoms with Crippen LogP contribution >= 0.6 is 0 Å². The predicted octanol–water partition coefficient (Wildman–Crippen LogP) is 3.19. The molecule has 3 nitrogen and oxygen atoms in total. The average Bonchev–Trinajstić information content (AvgIpc) is 3.07. The van der Waals surface area contributed by atoms with Crippen LogP contribution in [0.1, 0.15) is 44.1 Å². The van der Waals surface area contributed by atoms with Crippen LogP contribution in [-0.2, 0) is 11.3 Å². The number of nitrogens with zero attached hydrogens (tertiary/aromatic N) is 2. The predicted molar refractivity (Wildman–Crippen MR) is 87.3 cm³/mol. The molecule has 1 amide bonds. The Bertz CT molecular complexity index is 584. The number of fused-ring (bicyclic) bond motifs is 2. The van der Waals surface area contributed by atoms with E-state index in [1.165, 1.54) is 38.2 Å². The molecule has 2 aliphatic heterocycles. The van der Waals surface area contributed by atoms with E-state index in [2.05, 4.69) is 4.90 Å². The Hall–Kier alpha value is -1.42. The molecule has 0 radical (unpaired) electrons. The molecule has 0 unspecified atom stereocenters. The Morgan fingerprint density at radius 3 is 2.78 bits per heavy atom. The number of carbonyl (C=O) groups excluding carboxylic acids is 1. The Morgan fingerprint density at radius 1 is 1.17 bits per heavy atom. The van der Waals surface area contributed by atoms with Crippen molar-refractivity contribution in [2.45, 2.75) is 57.2 Å². The highest BCUT2D eigenvalue weighted by atomic mass is 19.1. The van der Waals surface area contributed by atoms with Gasteiger partial charge in [-0.3, -0.25) is 9.69 Å². The summed E-state index contributed by atoms with van der Waals surface area (Å²) in [6.07, 6.45) is 7.32. The van der Waals surface area contributed by atoms with Gasteiger partial charge < -0.3 is 4.90 Å². The Balaban J connectivity index is 1.50. The molecule has 4 rings (SSSR count). The van der Waals surface area contributed by atoms with Gasteiger partial charge in [0.25, 0.3) is 0 Å². The largest absolute Gasteiger partial charge is 0.337 e. The molecule has 2 atom stereocenters. The first-order chi connectivity index (χ1) is 11.2. The summed E-state index contributed by atoms with van der Waals surface area (Å²) < 4.78 is 13.4. The van der Waals surface area contributed by atoms with Crippen LogP contribution in [0.15, 0.2) is 24.3 Å². The molecule has 3 aliphatic rings. The lowest BCUT2D eigenvalue weighted by Gasteiger charge is -2.48. The van der Waals surface area contributed by atoms with Crippen molar-refractivity contribution in [1.82, 2.24) is 9.80 Å². The van der Waals surface area contributed by atoms with E-state index in [1.807, 2.05) is 11.0 Å². The summed E-state index contributed by atoms with van der Waals surface area (Å²) >= 11 is 0. The lowest BCUT2D eigenvalue weighted by molar-refractivity contribution is -0.148. The first kappa shape index (κ1) is 15.1. The number of halogens is 1. The molecule has 4 heteroatoms. The molecule has 0 N–H and O–H groups in total. The molecule has 2 heterocycles. The van der Waals surface area contributed by atoms with Crippen molar-refractivity contribution < 1.29 is 9.18 Å². The van der Waals surface area contributed by atoms with Gasteiger partial charge in [-0.2, -0.15) is 0 Å². The van der Waals surface area contributed by atoms with Crippen LogP contribution < -0.4 is 0 Å². The topological polar surface area (TPSA) is 23.6 Å². The zero-order valence-electron chi connectivity index (χ0n) is 13.6. The number of hydrogen-bond donors (Lipinski definition) is 0. The van der Waals surface area contributed by atoms with Crippen LogP contribution in [0, 0.1) is 11.7 Å². The van der Waals surface area contributed by atoms with Crippen LogP contribution in [0.25, 0.3) is 0 Å². The molecule has 1 aromatic rings. The molecule has 0 aromatic heterocycles. The lowest BCUT2D eigenvalue weighted by Crippen LogP contribution is -2.60. The zero-order valence-corrected chi connectivity index (χ0v) is 13.6. The molecule has 1 saturated carbocycles. The summed E-state index contributed by atoms with van der Waals surface area (Å²) in [5, 5.41) is 0. The molecular weight excluding hydrogens is 291 g/mol. The minimum absolute atomic E-state index is 0.0687. The van der Waals surface area contributed by atoms with E-state index in [-0.39, 0.29) is 17.8 Å². The third-order valence-corrected chi connectivity index (χ3v) is 5.88. The van der Waals surface area contributed by atoms with Crippen LogP contribution in [0.5, 0.6) is 0 Å². The molecule has 1 aliphatic carbocycles. The molecular formula is C19H25FN2O. The maximum absolute atomic E-state index is 13.4. The monoisotopic (exact) mass is 316 g/mol. The lowest BCUT2D eigenvalue weighted by atomic mass is 9.84. The number of benzene rings is 1. The fourth-order valence-electron chi connectivity index (χ4n) is 4.75. The smallest absolute Gasteiger partial charge is 0.240 e. The van der Waals surface area contributed by atoms with Gasteiger partial charge >= 0.3 is 0 Å². The van der Waals surface area contributed by atoms with E-state index in [0.29, 0.717) is 18.5 Å². The summed E-state index contributed by atoms with van der Waals surface area (Å²) in [5.41, 5.74) is 0.894. The van der Waals surface area contributed by atoms with Crippen molar-refractivity contribution in [1.29, 1.82) is 0 Å². The van der Waals surface area contributed by atoms with Crippen LogP contribution in [0.3, 0.4) is 0 Å². The fourth-order valence-corrected chi connectivity index (χ4v) is 4.75. The summed E-state index contributed by atoms with van der Waals surface area (Å²) in [6.45, 7) is 2.46. The number of piperidine rings is 2. The molecule has 23 heavy (non-hydrogen) atoms. The van der Waals surface area contributed by atoms with E-state index in [1.54, 1.807) is 12.1 Å². The standard InChI is InChI=1S/C19H25FN2O/c20-16-5-3-4-14(10-16)12-21-13-15-8-9-22(17-6-1-2-7-17)18(11-15)19(21)23/h3-5,10,15,17-18H,1-2,6-9,11-13H2/t15-,18+/m0/s1. The normalized spacial score (nSPS) is 29.3. The van der Waals surface area contributed by atoms with E-state index in [0.717, 1.165) is 25.1 Å². The van der Waals surface area contributed by atoms with Crippen molar-refractivity contribution >= 4 is 5.91 Å². The van der Waals surface area contributed by atoms with E-state index >= 15 is 0 Å². The zero-order chi connectivity index (χ0) is 15.8. The van der Waals surface area contributed by atoms with Crippen molar-refractivity contribution in [2.24, 2.45) is 5.92 Å². The third kappa shape index (κ3) is 3.01. The Kier molecular flexibility index (Phi) is 4.10. The first-order valence-electron chi connectivity index (χ1n) is 8.99. The number of rotatable bonds is 3. The fraction of sp³-hybridized carbons (Fsp3) is 0.632. The minimum atomic E-state index is -0.222. The number of carbonyl (C=O) groups is 1. The van der Waals surface area contributed by atoms with Gasteiger partial charge in [0, 0.05) is 19.1 Å². The molecule has 2 bridgehead atoms. The van der Waals surface area contributed by atoms with Crippen molar-refractivity contribution in [3.05, 3.63) is 35.6 Å². The molecule has 0 spiro atoms. The van der Waals surface area contributed by atoms with Crippen LogP contribution in [0.4, 0.5) is 4.39 Å². The van der Waals surface area contributed by atoms with Crippen molar-refractivity contribution in [3.8, 4) is 0 Å². The molecule has 124 valence electrons. The summed E-state index contributed by atoms with van der Waals surface area (Å²) in [7, 11) is 0.